The number of benzene rings is 1. The zero-order valence-corrected chi connectivity index (χ0v) is 9.50. The Morgan fingerprint density at radius 2 is 2.13 bits per heavy atom. The largest absolute Gasteiger partial charge is 0.480 e. The van der Waals surface area contributed by atoms with Crippen LogP contribution < -0.4 is 5.06 Å². The van der Waals surface area contributed by atoms with E-state index in [9.17, 15) is 14.8 Å². The van der Waals surface area contributed by atoms with Gasteiger partial charge in [-0.1, -0.05) is 6.07 Å². The standard InChI is InChI=1S/C9H6INO4/c10-4-1-2-5-6(3-4)11(15)8(12)7(5)9(13)14/h1-3,7,15H,(H,13,14). The van der Waals surface area contributed by atoms with Crippen LogP contribution in [0.1, 0.15) is 11.5 Å². The van der Waals surface area contributed by atoms with Gasteiger partial charge in [-0.05, 0) is 34.7 Å². The van der Waals surface area contributed by atoms with Gasteiger partial charge in [0.2, 0.25) is 0 Å². The smallest absolute Gasteiger partial charge is 0.320 e. The number of carboxylic acid groups (broad SMARTS) is 1. The summed E-state index contributed by atoms with van der Waals surface area (Å²) in [6.07, 6.45) is 0. The number of carbonyl (C=O) groups is 2. The van der Waals surface area contributed by atoms with Crippen LogP contribution in [0.3, 0.4) is 0 Å². The quantitative estimate of drug-likeness (QED) is 0.463. The second-order valence-electron chi connectivity index (χ2n) is 3.12. The van der Waals surface area contributed by atoms with Gasteiger partial charge in [0.1, 0.15) is 0 Å². The fraction of sp³-hybridized carbons (Fsp3) is 0.111. The Morgan fingerprint density at radius 3 is 2.73 bits per heavy atom. The maximum atomic E-state index is 11.4. The summed E-state index contributed by atoms with van der Waals surface area (Å²) in [4.78, 5) is 22.3. The molecule has 1 heterocycles. The maximum Gasteiger partial charge on any atom is 0.320 e. The van der Waals surface area contributed by atoms with Gasteiger partial charge in [0, 0.05) is 9.13 Å². The fourth-order valence-corrected chi connectivity index (χ4v) is 2.03. The van der Waals surface area contributed by atoms with E-state index in [4.69, 9.17) is 5.11 Å². The summed E-state index contributed by atoms with van der Waals surface area (Å²) in [5.41, 5.74) is 0.578. The number of fused-ring (bicyclic) bond motifs is 1. The average molecular weight is 319 g/mol. The normalized spacial score (nSPS) is 19.2. The van der Waals surface area contributed by atoms with E-state index in [1.165, 1.54) is 0 Å². The molecular formula is C9H6INO4. The number of rotatable bonds is 1. The lowest BCUT2D eigenvalue weighted by Gasteiger charge is -2.06. The fourth-order valence-electron chi connectivity index (χ4n) is 1.56. The summed E-state index contributed by atoms with van der Waals surface area (Å²) < 4.78 is 0.823. The van der Waals surface area contributed by atoms with Gasteiger partial charge in [-0.2, -0.15) is 5.06 Å². The molecule has 0 aromatic heterocycles. The SMILES string of the molecule is O=C(O)C1C(=O)N(O)c2cc(I)ccc21. The molecule has 0 saturated heterocycles. The number of carbonyl (C=O) groups excluding carboxylic acids is 1. The highest BCUT2D eigenvalue weighted by atomic mass is 127. The highest BCUT2D eigenvalue weighted by molar-refractivity contribution is 14.1. The number of amides is 1. The van der Waals surface area contributed by atoms with Gasteiger partial charge < -0.3 is 5.11 Å². The first-order chi connectivity index (χ1) is 7.02. The van der Waals surface area contributed by atoms with Crippen molar-refractivity contribution in [3.05, 3.63) is 27.3 Å². The average Bonchev–Trinajstić information content (AvgIpc) is 2.41. The molecule has 0 fully saturated rings. The summed E-state index contributed by atoms with van der Waals surface area (Å²) in [7, 11) is 0. The van der Waals surface area contributed by atoms with E-state index in [0.29, 0.717) is 10.6 Å². The molecule has 0 spiro atoms. The van der Waals surface area contributed by atoms with Crippen molar-refractivity contribution in [3.63, 3.8) is 0 Å². The third kappa shape index (κ3) is 1.49. The lowest BCUT2D eigenvalue weighted by molar-refractivity contribution is -0.143. The first-order valence-electron chi connectivity index (χ1n) is 4.07. The molecule has 2 N–H and O–H groups in total. The predicted octanol–water partition coefficient (Wildman–Crippen LogP) is 1.20. The first kappa shape index (κ1) is 10.4. The van der Waals surface area contributed by atoms with Crippen LogP contribution in [0, 0.1) is 3.57 Å². The number of hydroxylamine groups is 1. The van der Waals surface area contributed by atoms with Gasteiger partial charge >= 0.3 is 5.97 Å². The number of hydrogen-bond donors (Lipinski definition) is 2. The molecule has 0 aliphatic carbocycles. The Labute approximate surface area is 98.4 Å². The highest BCUT2D eigenvalue weighted by Crippen LogP contribution is 2.37. The van der Waals surface area contributed by atoms with Crippen LogP contribution in [0.15, 0.2) is 18.2 Å². The second kappa shape index (κ2) is 3.46. The van der Waals surface area contributed by atoms with Crippen molar-refractivity contribution >= 4 is 40.2 Å². The number of anilines is 1. The van der Waals surface area contributed by atoms with Crippen molar-refractivity contribution in [2.24, 2.45) is 0 Å². The number of aliphatic carboxylic acids is 1. The first-order valence-corrected chi connectivity index (χ1v) is 5.15. The van der Waals surface area contributed by atoms with E-state index in [-0.39, 0.29) is 5.69 Å². The van der Waals surface area contributed by atoms with Gasteiger partial charge in [0.25, 0.3) is 5.91 Å². The minimum absolute atomic E-state index is 0.249. The Kier molecular flexibility index (Phi) is 2.39. The Balaban J connectivity index is 2.60. The second-order valence-corrected chi connectivity index (χ2v) is 4.37. The molecule has 1 aromatic carbocycles. The van der Waals surface area contributed by atoms with Gasteiger partial charge in [-0.15, -0.1) is 0 Å². The van der Waals surface area contributed by atoms with E-state index in [2.05, 4.69) is 0 Å². The summed E-state index contributed by atoms with van der Waals surface area (Å²) in [6.45, 7) is 0. The zero-order valence-electron chi connectivity index (χ0n) is 7.35. The summed E-state index contributed by atoms with van der Waals surface area (Å²) >= 11 is 2.02. The minimum Gasteiger partial charge on any atom is -0.480 e. The van der Waals surface area contributed by atoms with Crippen molar-refractivity contribution in [1.82, 2.24) is 0 Å². The van der Waals surface area contributed by atoms with Crippen LogP contribution in [-0.2, 0) is 9.59 Å². The monoisotopic (exact) mass is 319 g/mol. The molecule has 1 atom stereocenters. The summed E-state index contributed by atoms with van der Waals surface area (Å²) in [6, 6.07) is 4.81. The molecule has 1 aromatic rings. The predicted molar refractivity (Wildman–Crippen MR) is 58.8 cm³/mol. The molecule has 78 valence electrons. The molecule has 1 aliphatic rings. The van der Waals surface area contributed by atoms with Crippen LogP contribution in [0.5, 0.6) is 0 Å². The van der Waals surface area contributed by atoms with Crippen molar-refractivity contribution < 1.29 is 19.9 Å². The molecule has 1 unspecified atom stereocenters. The Hall–Kier alpha value is -1.15. The van der Waals surface area contributed by atoms with Gasteiger partial charge in [-0.3, -0.25) is 14.8 Å². The molecule has 2 rings (SSSR count). The molecule has 1 aliphatic heterocycles. The molecule has 15 heavy (non-hydrogen) atoms. The van der Waals surface area contributed by atoms with Crippen LogP contribution in [-0.4, -0.2) is 22.2 Å². The van der Waals surface area contributed by atoms with Gasteiger partial charge in [-0.25, -0.2) is 0 Å². The lowest BCUT2D eigenvalue weighted by Crippen LogP contribution is -2.28. The van der Waals surface area contributed by atoms with E-state index >= 15 is 0 Å². The van der Waals surface area contributed by atoms with E-state index in [1.807, 2.05) is 22.6 Å². The molecular weight excluding hydrogens is 313 g/mol. The van der Waals surface area contributed by atoms with E-state index < -0.39 is 17.8 Å². The Bertz CT molecular complexity index is 459. The Morgan fingerprint density at radius 1 is 1.47 bits per heavy atom. The molecule has 5 nitrogen and oxygen atoms in total. The van der Waals surface area contributed by atoms with Crippen LogP contribution in [0.2, 0.25) is 0 Å². The number of halogens is 1. The van der Waals surface area contributed by atoms with Crippen LogP contribution in [0.4, 0.5) is 5.69 Å². The molecule has 1 amide bonds. The lowest BCUT2D eigenvalue weighted by atomic mass is 10.0. The topological polar surface area (TPSA) is 77.8 Å². The third-order valence-corrected chi connectivity index (χ3v) is 2.91. The summed E-state index contributed by atoms with van der Waals surface area (Å²) in [5, 5.41) is 18.7. The minimum atomic E-state index is -1.29. The molecule has 6 heteroatoms. The third-order valence-electron chi connectivity index (χ3n) is 2.23. The molecule has 0 saturated carbocycles. The zero-order chi connectivity index (χ0) is 11.2. The van der Waals surface area contributed by atoms with Crippen LogP contribution >= 0.6 is 22.6 Å². The van der Waals surface area contributed by atoms with E-state index in [1.54, 1.807) is 18.2 Å². The maximum absolute atomic E-state index is 11.4. The van der Waals surface area contributed by atoms with Crippen molar-refractivity contribution in [2.45, 2.75) is 5.92 Å². The molecule has 0 bridgehead atoms. The van der Waals surface area contributed by atoms with Crippen molar-refractivity contribution in [2.75, 3.05) is 5.06 Å². The number of nitrogens with zero attached hydrogens (tertiary/aromatic N) is 1. The van der Waals surface area contributed by atoms with Crippen molar-refractivity contribution in [3.8, 4) is 0 Å². The van der Waals surface area contributed by atoms with E-state index in [0.717, 1.165) is 3.57 Å². The highest BCUT2D eigenvalue weighted by Gasteiger charge is 2.41. The van der Waals surface area contributed by atoms with Gasteiger partial charge in [0.05, 0.1) is 5.69 Å². The number of carboxylic acids is 1. The van der Waals surface area contributed by atoms with Gasteiger partial charge in [0.15, 0.2) is 5.92 Å². The number of hydrogen-bond acceptors (Lipinski definition) is 3. The molecule has 0 radical (unpaired) electrons. The van der Waals surface area contributed by atoms with Crippen molar-refractivity contribution in [1.29, 1.82) is 0 Å². The summed E-state index contributed by atoms with van der Waals surface area (Å²) in [5.74, 6) is -3.36. The van der Waals surface area contributed by atoms with Crippen LogP contribution in [0.25, 0.3) is 0 Å².